The third-order valence-electron chi connectivity index (χ3n) is 14.6. The van der Waals surface area contributed by atoms with Crippen molar-refractivity contribution in [2.45, 2.75) is 31.6 Å². The fourth-order valence-electron chi connectivity index (χ4n) is 11.6. The quantitative estimate of drug-likeness (QED) is 0.160. The van der Waals surface area contributed by atoms with Crippen LogP contribution in [0.15, 0.2) is 249 Å². The standard InChI is InChI=1S/C69H50N2O2/c1-68(2,3)53-41-42-54-66(73-58-40-24-21-37-52(58)69(54)50-35-19-22-38-56(50)72-57-39-23-20-36-51(57)69)64(53)67-70-44-43-55(71-67)65-62(48-31-15-7-16-32-48)60(46-27-11-5-12-28-46)59(45-25-9-4-10-26-45)61(47-29-13-6-14-30-47)63(65)49-33-17-8-18-34-49/h4-44H,1-3H3. The highest BCUT2D eigenvalue weighted by Crippen LogP contribution is 2.63. The lowest BCUT2D eigenvalue weighted by atomic mass is 9.61. The summed E-state index contributed by atoms with van der Waals surface area (Å²) < 4.78 is 14.1. The van der Waals surface area contributed by atoms with Gasteiger partial charge in [0.15, 0.2) is 5.82 Å². The monoisotopic (exact) mass is 938 g/mol. The van der Waals surface area contributed by atoms with E-state index in [0.29, 0.717) is 5.82 Å². The number of fused-ring (bicyclic) bond motifs is 8. The fraction of sp³-hybridized carbons (Fsp3) is 0.0725. The molecule has 0 unspecified atom stereocenters. The zero-order valence-corrected chi connectivity index (χ0v) is 40.9. The molecular weight excluding hydrogens is 889 g/mol. The number of hydrogen-bond acceptors (Lipinski definition) is 4. The van der Waals surface area contributed by atoms with E-state index in [1.54, 1.807) is 0 Å². The lowest BCUT2D eigenvalue weighted by molar-refractivity contribution is 0.399. The molecular formula is C69H50N2O2. The summed E-state index contributed by atoms with van der Waals surface area (Å²) in [4.78, 5) is 11.2. The summed E-state index contributed by atoms with van der Waals surface area (Å²) in [7, 11) is 0. The van der Waals surface area contributed by atoms with Gasteiger partial charge in [-0.1, -0.05) is 239 Å². The summed E-state index contributed by atoms with van der Waals surface area (Å²) in [5.41, 5.74) is 17.8. The molecule has 0 amide bonds. The third-order valence-corrected chi connectivity index (χ3v) is 14.6. The van der Waals surface area contributed by atoms with Crippen LogP contribution >= 0.6 is 0 Å². The number of ether oxygens (including phenoxy) is 2. The Kier molecular flexibility index (Phi) is 10.6. The van der Waals surface area contributed by atoms with Gasteiger partial charge in [0.25, 0.3) is 0 Å². The van der Waals surface area contributed by atoms with Crippen LogP contribution in [-0.4, -0.2) is 9.97 Å². The second kappa shape index (κ2) is 17.6. The molecule has 0 radical (unpaired) electrons. The third kappa shape index (κ3) is 7.12. The largest absolute Gasteiger partial charge is 0.457 e. The maximum atomic E-state index is 7.39. The van der Waals surface area contributed by atoms with Gasteiger partial charge in [-0.3, -0.25) is 0 Å². The molecule has 0 bridgehead atoms. The van der Waals surface area contributed by atoms with E-state index in [4.69, 9.17) is 19.4 Å². The Balaban J connectivity index is 1.19. The average Bonchev–Trinajstić information content (AvgIpc) is 3.45. The van der Waals surface area contributed by atoms with Crippen molar-refractivity contribution in [3.63, 3.8) is 0 Å². The molecule has 4 heteroatoms. The predicted molar refractivity (Wildman–Crippen MR) is 297 cm³/mol. The molecule has 10 aromatic carbocycles. The Bertz CT molecular complexity index is 3700. The minimum Gasteiger partial charge on any atom is -0.457 e. The molecule has 0 saturated carbocycles. The molecule has 0 N–H and O–H groups in total. The summed E-state index contributed by atoms with van der Waals surface area (Å²) >= 11 is 0. The first-order valence-corrected chi connectivity index (χ1v) is 25.1. The molecule has 13 rings (SSSR count). The highest BCUT2D eigenvalue weighted by molar-refractivity contribution is 6.14. The SMILES string of the molecule is CC(C)(C)c1ccc2c(c1-c1nccc(-c3c(-c4ccccc4)c(-c4ccccc4)c(-c4ccccc4)c(-c4ccccc4)c3-c3ccccc3)n1)Oc1ccccc1C21c2ccccc2Oc2ccccc21. The molecule has 3 heterocycles. The van der Waals surface area contributed by atoms with Crippen LogP contribution in [0.25, 0.3) is 78.3 Å². The van der Waals surface area contributed by atoms with Crippen molar-refractivity contribution in [3.05, 3.63) is 277 Å². The van der Waals surface area contributed by atoms with Crippen molar-refractivity contribution in [1.29, 1.82) is 0 Å². The Labute approximate surface area is 426 Å². The second-order valence-corrected chi connectivity index (χ2v) is 19.9. The van der Waals surface area contributed by atoms with Crippen molar-refractivity contribution >= 4 is 0 Å². The van der Waals surface area contributed by atoms with Gasteiger partial charge in [-0.25, -0.2) is 9.97 Å². The van der Waals surface area contributed by atoms with E-state index < -0.39 is 5.41 Å². The maximum Gasteiger partial charge on any atom is 0.163 e. The molecule has 0 saturated heterocycles. The number of rotatable bonds is 7. The molecule has 1 aromatic heterocycles. The van der Waals surface area contributed by atoms with Crippen molar-refractivity contribution in [1.82, 2.24) is 9.97 Å². The van der Waals surface area contributed by atoms with E-state index in [-0.39, 0.29) is 5.41 Å². The Morgan fingerprint density at radius 3 is 1.08 bits per heavy atom. The molecule has 1 spiro atoms. The molecule has 4 nitrogen and oxygen atoms in total. The van der Waals surface area contributed by atoms with Gasteiger partial charge in [0, 0.05) is 45.1 Å². The van der Waals surface area contributed by atoms with Gasteiger partial charge in [-0.15, -0.1) is 0 Å². The predicted octanol–water partition coefficient (Wildman–Crippen LogP) is 18.0. The van der Waals surface area contributed by atoms with Crippen molar-refractivity contribution in [2.24, 2.45) is 0 Å². The number of nitrogens with zero attached hydrogens (tertiary/aromatic N) is 2. The molecule has 0 atom stereocenters. The van der Waals surface area contributed by atoms with Gasteiger partial charge in [-0.05, 0) is 79.8 Å². The topological polar surface area (TPSA) is 44.2 Å². The van der Waals surface area contributed by atoms with Gasteiger partial charge < -0.3 is 9.47 Å². The van der Waals surface area contributed by atoms with Gasteiger partial charge in [0.05, 0.1) is 16.7 Å². The summed E-state index contributed by atoms with van der Waals surface area (Å²) in [5.74, 6) is 3.71. The van der Waals surface area contributed by atoms with Gasteiger partial charge in [0.1, 0.15) is 23.0 Å². The zero-order valence-electron chi connectivity index (χ0n) is 40.9. The van der Waals surface area contributed by atoms with Gasteiger partial charge in [0.2, 0.25) is 0 Å². The van der Waals surface area contributed by atoms with Crippen LogP contribution in [-0.2, 0) is 10.8 Å². The number of benzene rings is 10. The van der Waals surface area contributed by atoms with E-state index >= 15 is 0 Å². The molecule has 73 heavy (non-hydrogen) atoms. The van der Waals surface area contributed by atoms with E-state index in [1.807, 2.05) is 18.3 Å². The highest BCUT2D eigenvalue weighted by Gasteiger charge is 2.51. The summed E-state index contributed by atoms with van der Waals surface area (Å²) in [6, 6.07) is 86.2. The van der Waals surface area contributed by atoms with Crippen LogP contribution in [0.2, 0.25) is 0 Å². The van der Waals surface area contributed by atoms with Crippen LogP contribution in [0.5, 0.6) is 23.0 Å². The first-order valence-electron chi connectivity index (χ1n) is 25.1. The van der Waals surface area contributed by atoms with Gasteiger partial charge in [-0.2, -0.15) is 0 Å². The van der Waals surface area contributed by atoms with Crippen molar-refractivity contribution in [2.75, 3.05) is 0 Å². The minimum absolute atomic E-state index is 0.342. The maximum absolute atomic E-state index is 7.39. The Hall–Kier alpha value is -9.12. The van der Waals surface area contributed by atoms with E-state index in [0.717, 1.165) is 123 Å². The van der Waals surface area contributed by atoms with E-state index in [9.17, 15) is 0 Å². The summed E-state index contributed by atoms with van der Waals surface area (Å²) in [5, 5.41) is 0. The number of para-hydroxylation sites is 3. The Morgan fingerprint density at radius 2 is 0.685 bits per heavy atom. The van der Waals surface area contributed by atoms with E-state index in [1.165, 1.54) is 0 Å². The first-order chi connectivity index (χ1) is 35.9. The zero-order chi connectivity index (χ0) is 49.1. The van der Waals surface area contributed by atoms with Gasteiger partial charge >= 0.3 is 0 Å². The molecule has 11 aromatic rings. The lowest BCUT2D eigenvalue weighted by Crippen LogP contribution is -2.37. The first kappa shape index (κ1) is 43.9. The number of hydrogen-bond donors (Lipinski definition) is 0. The molecule has 348 valence electrons. The molecule has 0 aliphatic carbocycles. The fourth-order valence-corrected chi connectivity index (χ4v) is 11.6. The van der Waals surface area contributed by atoms with Crippen molar-refractivity contribution in [3.8, 4) is 101 Å². The summed E-state index contributed by atoms with van der Waals surface area (Å²) in [6.45, 7) is 6.78. The Morgan fingerprint density at radius 1 is 0.329 bits per heavy atom. The van der Waals surface area contributed by atoms with Crippen molar-refractivity contribution < 1.29 is 9.47 Å². The van der Waals surface area contributed by atoms with Crippen LogP contribution in [0.3, 0.4) is 0 Å². The van der Waals surface area contributed by atoms with Crippen LogP contribution in [0.1, 0.15) is 48.6 Å². The smallest absolute Gasteiger partial charge is 0.163 e. The summed E-state index contributed by atoms with van der Waals surface area (Å²) in [6.07, 6.45) is 1.94. The molecule has 0 fully saturated rings. The van der Waals surface area contributed by atoms with Crippen LogP contribution in [0, 0.1) is 0 Å². The van der Waals surface area contributed by atoms with Crippen LogP contribution in [0.4, 0.5) is 0 Å². The number of aromatic nitrogens is 2. The minimum atomic E-state index is -0.790. The lowest BCUT2D eigenvalue weighted by Gasteiger charge is -2.45. The molecule has 2 aliphatic heterocycles. The average molecular weight is 939 g/mol. The highest BCUT2D eigenvalue weighted by atomic mass is 16.5. The second-order valence-electron chi connectivity index (χ2n) is 19.9. The normalized spacial score (nSPS) is 12.9. The van der Waals surface area contributed by atoms with E-state index in [2.05, 4.69) is 251 Å². The molecule has 2 aliphatic rings. The van der Waals surface area contributed by atoms with Crippen LogP contribution < -0.4 is 9.47 Å².